The van der Waals surface area contributed by atoms with Crippen LogP contribution in [0.15, 0.2) is 47.1 Å². The molecule has 1 aromatic carbocycles. The van der Waals surface area contributed by atoms with Gasteiger partial charge in [0.05, 0.1) is 23.0 Å². The van der Waals surface area contributed by atoms with Crippen molar-refractivity contribution >= 4 is 22.7 Å². The minimum Gasteiger partial charge on any atom is -0.459 e. The van der Waals surface area contributed by atoms with E-state index in [2.05, 4.69) is 4.98 Å². The first-order valence-electron chi connectivity index (χ1n) is 9.03. The number of rotatable bonds is 2. The molecule has 4 rings (SSSR count). The maximum Gasteiger partial charge on any atom is 0.289 e. The summed E-state index contributed by atoms with van der Waals surface area (Å²) in [5.41, 5.74) is 3.38. The Morgan fingerprint density at radius 3 is 2.33 bits per heavy atom. The summed E-state index contributed by atoms with van der Waals surface area (Å²) >= 11 is 0. The molecular weight excluding hydrogens is 342 g/mol. The van der Waals surface area contributed by atoms with Crippen molar-refractivity contribution in [2.24, 2.45) is 0 Å². The van der Waals surface area contributed by atoms with Gasteiger partial charge in [0.15, 0.2) is 5.76 Å². The zero-order valence-electron chi connectivity index (χ0n) is 15.4. The number of carbonyl (C=O) groups is 2. The summed E-state index contributed by atoms with van der Waals surface area (Å²) in [6, 6.07) is 11.3. The molecular formula is C21H21N3O3. The molecule has 1 aliphatic rings. The molecule has 1 saturated heterocycles. The highest BCUT2D eigenvalue weighted by Gasteiger charge is 2.27. The standard InChI is InChI=1S/C21H21N3O3/c1-14-5-6-18-16(12-14)13-17(15(2)22-18)20(25)23-7-9-24(10-8-23)21(26)19-4-3-11-27-19/h3-6,11-13H,7-10H2,1-2H3. The quantitative estimate of drug-likeness (QED) is 0.702. The Morgan fingerprint density at radius 2 is 1.67 bits per heavy atom. The molecule has 2 aromatic heterocycles. The molecule has 0 aliphatic carbocycles. The second-order valence-corrected chi connectivity index (χ2v) is 6.88. The largest absolute Gasteiger partial charge is 0.459 e. The molecule has 0 unspecified atom stereocenters. The van der Waals surface area contributed by atoms with Crippen LogP contribution in [0.4, 0.5) is 0 Å². The van der Waals surface area contributed by atoms with Crippen LogP contribution in [-0.4, -0.2) is 52.8 Å². The summed E-state index contributed by atoms with van der Waals surface area (Å²) in [5.74, 6) is 0.166. The average Bonchev–Trinajstić information content (AvgIpc) is 3.21. The number of aromatic nitrogens is 1. The van der Waals surface area contributed by atoms with E-state index in [-0.39, 0.29) is 11.8 Å². The van der Waals surface area contributed by atoms with Crippen LogP contribution in [0.2, 0.25) is 0 Å². The third-order valence-corrected chi connectivity index (χ3v) is 4.98. The predicted molar refractivity (Wildman–Crippen MR) is 102 cm³/mol. The lowest BCUT2D eigenvalue weighted by molar-refractivity contribution is 0.0517. The van der Waals surface area contributed by atoms with Crippen molar-refractivity contribution in [1.29, 1.82) is 0 Å². The van der Waals surface area contributed by atoms with Gasteiger partial charge in [0.2, 0.25) is 0 Å². The van der Waals surface area contributed by atoms with Crippen LogP contribution >= 0.6 is 0 Å². The summed E-state index contributed by atoms with van der Waals surface area (Å²) in [7, 11) is 0. The predicted octanol–water partition coefficient (Wildman–Crippen LogP) is 3.04. The summed E-state index contributed by atoms with van der Waals surface area (Å²) in [4.78, 5) is 33.5. The van der Waals surface area contributed by atoms with Crippen molar-refractivity contribution in [2.45, 2.75) is 13.8 Å². The fourth-order valence-corrected chi connectivity index (χ4v) is 3.45. The number of pyridine rings is 1. The minimum absolute atomic E-state index is 0.0338. The second kappa shape index (κ2) is 6.87. The lowest BCUT2D eigenvalue weighted by atomic mass is 10.1. The number of fused-ring (bicyclic) bond motifs is 1. The van der Waals surface area contributed by atoms with E-state index in [9.17, 15) is 9.59 Å². The van der Waals surface area contributed by atoms with E-state index < -0.39 is 0 Å². The monoisotopic (exact) mass is 363 g/mol. The maximum atomic E-state index is 13.0. The van der Waals surface area contributed by atoms with Crippen molar-refractivity contribution < 1.29 is 14.0 Å². The highest BCUT2D eigenvalue weighted by molar-refractivity contribution is 5.99. The number of hydrogen-bond donors (Lipinski definition) is 0. The Balaban J connectivity index is 1.50. The van der Waals surface area contributed by atoms with Crippen LogP contribution in [-0.2, 0) is 0 Å². The number of furan rings is 1. The topological polar surface area (TPSA) is 66.7 Å². The first-order chi connectivity index (χ1) is 13.0. The summed E-state index contributed by atoms with van der Waals surface area (Å²) < 4.78 is 5.18. The number of nitrogens with zero attached hydrogens (tertiary/aromatic N) is 3. The number of hydrogen-bond acceptors (Lipinski definition) is 4. The van der Waals surface area contributed by atoms with Crippen molar-refractivity contribution in [2.75, 3.05) is 26.2 Å². The van der Waals surface area contributed by atoms with Gasteiger partial charge < -0.3 is 14.2 Å². The maximum absolute atomic E-state index is 13.0. The molecule has 0 bridgehead atoms. The van der Waals surface area contributed by atoms with E-state index in [0.29, 0.717) is 37.5 Å². The van der Waals surface area contributed by atoms with E-state index in [4.69, 9.17) is 4.42 Å². The number of amides is 2. The second-order valence-electron chi connectivity index (χ2n) is 6.88. The minimum atomic E-state index is -0.133. The van der Waals surface area contributed by atoms with Gasteiger partial charge in [0, 0.05) is 31.6 Å². The molecule has 1 aliphatic heterocycles. The molecule has 0 spiro atoms. The Hall–Kier alpha value is -3.15. The van der Waals surface area contributed by atoms with Gasteiger partial charge in [-0.25, -0.2) is 0 Å². The van der Waals surface area contributed by atoms with Crippen LogP contribution < -0.4 is 0 Å². The fourth-order valence-electron chi connectivity index (χ4n) is 3.45. The summed E-state index contributed by atoms with van der Waals surface area (Å²) in [6.07, 6.45) is 1.49. The van der Waals surface area contributed by atoms with Gasteiger partial charge in [-0.3, -0.25) is 14.6 Å². The smallest absolute Gasteiger partial charge is 0.289 e. The number of carbonyl (C=O) groups excluding carboxylic acids is 2. The molecule has 3 aromatic rings. The molecule has 27 heavy (non-hydrogen) atoms. The van der Waals surface area contributed by atoms with Crippen LogP contribution in [0, 0.1) is 13.8 Å². The molecule has 1 fully saturated rings. The molecule has 3 heterocycles. The Labute approximate surface area is 157 Å². The number of piperazine rings is 1. The van der Waals surface area contributed by atoms with Gasteiger partial charge in [0.25, 0.3) is 11.8 Å². The van der Waals surface area contributed by atoms with E-state index in [0.717, 1.165) is 22.2 Å². The zero-order valence-corrected chi connectivity index (χ0v) is 15.4. The van der Waals surface area contributed by atoms with Gasteiger partial charge in [-0.2, -0.15) is 0 Å². The van der Waals surface area contributed by atoms with E-state index in [1.807, 2.05) is 38.1 Å². The van der Waals surface area contributed by atoms with Crippen molar-refractivity contribution in [3.05, 3.63) is 65.2 Å². The van der Waals surface area contributed by atoms with Gasteiger partial charge in [0.1, 0.15) is 0 Å². The SMILES string of the molecule is Cc1ccc2nc(C)c(C(=O)N3CCN(C(=O)c4ccco4)CC3)cc2c1. The Bertz CT molecular complexity index is 1000. The number of benzene rings is 1. The van der Waals surface area contributed by atoms with Crippen LogP contribution in [0.3, 0.4) is 0 Å². The van der Waals surface area contributed by atoms with Gasteiger partial charge in [-0.15, -0.1) is 0 Å². The van der Waals surface area contributed by atoms with E-state index in [1.54, 1.807) is 21.9 Å². The molecule has 0 atom stereocenters. The van der Waals surface area contributed by atoms with Crippen molar-refractivity contribution in [3.8, 4) is 0 Å². The van der Waals surface area contributed by atoms with Crippen LogP contribution in [0.25, 0.3) is 10.9 Å². The lowest BCUT2D eigenvalue weighted by Crippen LogP contribution is -2.50. The third-order valence-electron chi connectivity index (χ3n) is 4.98. The zero-order chi connectivity index (χ0) is 19.0. The molecule has 0 saturated carbocycles. The molecule has 2 amide bonds. The first-order valence-corrected chi connectivity index (χ1v) is 9.03. The van der Waals surface area contributed by atoms with Crippen molar-refractivity contribution in [1.82, 2.24) is 14.8 Å². The van der Waals surface area contributed by atoms with Crippen LogP contribution in [0.1, 0.15) is 32.2 Å². The molecule has 6 heteroatoms. The van der Waals surface area contributed by atoms with Gasteiger partial charge in [-0.05, 0) is 44.2 Å². The summed E-state index contributed by atoms with van der Waals surface area (Å²) in [5, 5.41) is 0.968. The molecule has 6 nitrogen and oxygen atoms in total. The average molecular weight is 363 g/mol. The third kappa shape index (κ3) is 3.30. The van der Waals surface area contributed by atoms with Crippen LogP contribution in [0.5, 0.6) is 0 Å². The normalized spacial score (nSPS) is 14.6. The Morgan fingerprint density at radius 1 is 0.963 bits per heavy atom. The molecule has 0 radical (unpaired) electrons. The first kappa shape index (κ1) is 17.3. The van der Waals surface area contributed by atoms with E-state index >= 15 is 0 Å². The van der Waals surface area contributed by atoms with Gasteiger partial charge in [-0.1, -0.05) is 11.6 Å². The van der Waals surface area contributed by atoms with E-state index in [1.165, 1.54) is 6.26 Å². The highest BCUT2D eigenvalue weighted by Crippen LogP contribution is 2.20. The number of aryl methyl sites for hydroxylation is 2. The van der Waals surface area contributed by atoms with Gasteiger partial charge >= 0.3 is 0 Å². The lowest BCUT2D eigenvalue weighted by Gasteiger charge is -2.34. The highest BCUT2D eigenvalue weighted by atomic mass is 16.3. The molecule has 138 valence electrons. The van der Waals surface area contributed by atoms with Crippen molar-refractivity contribution in [3.63, 3.8) is 0 Å². The fraction of sp³-hybridized carbons (Fsp3) is 0.286. The molecule has 0 N–H and O–H groups in total. The summed E-state index contributed by atoms with van der Waals surface area (Å²) in [6.45, 7) is 5.86. The Kier molecular flexibility index (Phi) is 4.39.